The second-order valence-electron chi connectivity index (χ2n) is 7.30. The molecular formula is C24H17Cl2N3O3. The summed E-state index contributed by atoms with van der Waals surface area (Å²) >= 11 is 12.8. The number of carbonyl (C=O) groups is 1. The first kappa shape index (κ1) is 20.5. The van der Waals surface area contributed by atoms with Gasteiger partial charge in [0, 0.05) is 22.4 Å². The first-order valence-electron chi connectivity index (χ1n) is 9.89. The molecule has 0 saturated heterocycles. The van der Waals surface area contributed by atoms with E-state index in [1.165, 1.54) is 11.3 Å². The van der Waals surface area contributed by atoms with Crippen LogP contribution < -0.4 is 4.74 Å². The standard InChI is InChI=1S/C24H17Cl2N3O3/c1-31-20-8-3-6-15-12-17(23(26)27-22(15)20)19-13-18(14-5-2-7-16(25)11-14)28-29(19)24(30)21-9-4-10-32-21/h2-12,19H,13H2,1H3. The van der Waals surface area contributed by atoms with Crippen LogP contribution in [-0.2, 0) is 0 Å². The van der Waals surface area contributed by atoms with Crippen LogP contribution in [0.25, 0.3) is 10.9 Å². The lowest BCUT2D eigenvalue weighted by molar-refractivity contribution is 0.0678. The van der Waals surface area contributed by atoms with Gasteiger partial charge in [0.1, 0.15) is 16.4 Å². The van der Waals surface area contributed by atoms with Crippen LogP contribution in [0.2, 0.25) is 10.2 Å². The second-order valence-corrected chi connectivity index (χ2v) is 8.10. The summed E-state index contributed by atoms with van der Waals surface area (Å²) in [5, 5.41) is 7.77. The Hall–Kier alpha value is -3.35. The van der Waals surface area contributed by atoms with E-state index in [4.69, 9.17) is 32.4 Å². The van der Waals surface area contributed by atoms with Gasteiger partial charge in [-0.1, -0.05) is 47.5 Å². The van der Waals surface area contributed by atoms with Gasteiger partial charge in [0.2, 0.25) is 0 Å². The normalized spacial score (nSPS) is 15.8. The highest BCUT2D eigenvalue weighted by Crippen LogP contribution is 2.39. The summed E-state index contributed by atoms with van der Waals surface area (Å²) in [5.74, 6) is 0.457. The number of rotatable bonds is 4. The molecule has 1 atom stereocenters. The average molecular weight is 466 g/mol. The lowest BCUT2D eigenvalue weighted by Crippen LogP contribution is -2.27. The number of fused-ring (bicyclic) bond motifs is 1. The van der Waals surface area contributed by atoms with Crippen molar-refractivity contribution in [1.29, 1.82) is 0 Å². The molecule has 1 amide bonds. The Labute approximate surface area is 194 Å². The van der Waals surface area contributed by atoms with Gasteiger partial charge in [-0.3, -0.25) is 4.79 Å². The van der Waals surface area contributed by atoms with Crippen molar-refractivity contribution in [2.45, 2.75) is 12.5 Å². The number of hydrazone groups is 1. The molecule has 0 saturated carbocycles. The van der Waals surface area contributed by atoms with Gasteiger partial charge in [-0.15, -0.1) is 0 Å². The molecule has 1 aliphatic heterocycles. The second kappa shape index (κ2) is 8.30. The largest absolute Gasteiger partial charge is 0.494 e. The van der Waals surface area contributed by atoms with E-state index in [1.54, 1.807) is 25.3 Å². The number of amides is 1. The number of halogens is 2. The van der Waals surface area contributed by atoms with Crippen LogP contribution in [0, 0.1) is 0 Å². The molecule has 0 fully saturated rings. The molecule has 4 aromatic rings. The molecule has 0 aliphatic carbocycles. The smallest absolute Gasteiger partial charge is 0.310 e. The third-order valence-electron chi connectivity index (χ3n) is 5.38. The highest BCUT2D eigenvalue weighted by molar-refractivity contribution is 6.31. The van der Waals surface area contributed by atoms with Crippen molar-refractivity contribution in [1.82, 2.24) is 9.99 Å². The molecule has 160 valence electrons. The predicted octanol–water partition coefficient (Wildman–Crippen LogP) is 6.13. The van der Waals surface area contributed by atoms with Gasteiger partial charge in [0.05, 0.1) is 25.1 Å². The molecule has 2 aromatic heterocycles. The van der Waals surface area contributed by atoms with E-state index in [0.717, 1.165) is 16.7 Å². The molecule has 0 radical (unpaired) electrons. The number of methoxy groups -OCH3 is 1. The number of aromatic nitrogens is 1. The first-order valence-corrected chi connectivity index (χ1v) is 10.6. The lowest BCUT2D eigenvalue weighted by Gasteiger charge is -2.22. The van der Waals surface area contributed by atoms with Crippen LogP contribution in [0.1, 0.15) is 34.1 Å². The Kier molecular flexibility index (Phi) is 5.33. The maximum atomic E-state index is 13.2. The van der Waals surface area contributed by atoms with E-state index in [-0.39, 0.29) is 16.8 Å². The number of hydrogen-bond donors (Lipinski definition) is 0. The van der Waals surface area contributed by atoms with E-state index in [9.17, 15) is 4.79 Å². The predicted molar refractivity (Wildman–Crippen MR) is 124 cm³/mol. The minimum Gasteiger partial charge on any atom is -0.494 e. The van der Waals surface area contributed by atoms with Crippen molar-refractivity contribution in [2.75, 3.05) is 7.11 Å². The maximum absolute atomic E-state index is 13.2. The summed E-state index contributed by atoms with van der Waals surface area (Å²) in [6, 6.07) is 17.8. The third-order valence-corrected chi connectivity index (χ3v) is 5.91. The Bertz CT molecular complexity index is 1350. The Balaban J connectivity index is 1.61. The van der Waals surface area contributed by atoms with Crippen LogP contribution in [0.5, 0.6) is 5.75 Å². The van der Waals surface area contributed by atoms with E-state index in [2.05, 4.69) is 10.1 Å². The Morgan fingerprint density at radius 3 is 2.72 bits per heavy atom. The van der Waals surface area contributed by atoms with Gasteiger partial charge in [-0.2, -0.15) is 5.10 Å². The Morgan fingerprint density at radius 1 is 1.12 bits per heavy atom. The molecule has 1 unspecified atom stereocenters. The highest BCUT2D eigenvalue weighted by Gasteiger charge is 2.36. The van der Waals surface area contributed by atoms with Crippen molar-refractivity contribution < 1.29 is 13.9 Å². The number of benzene rings is 2. The minimum atomic E-state index is -0.461. The third kappa shape index (κ3) is 3.61. The monoisotopic (exact) mass is 465 g/mol. The quantitative estimate of drug-likeness (QED) is 0.339. The molecule has 0 spiro atoms. The van der Waals surface area contributed by atoms with Crippen molar-refractivity contribution in [3.05, 3.63) is 94.0 Å². The van der Waals surface area contributed by atoms with Crippen LogP contribution >= 0.6 is 23.2 Å². The van der Waals surface area contributed by atoms with Gasteiger partial charge in [0.25, 0.3) is 0 Å². The molecule has 8 heteroatoms. The zero-order chi connectivity index (χ0) is 22.2. The van der Waals surface area contributed by atoms with Crippen molar-refractivity contribution >= 4 is 45.7 Å². The summed E-state index contributed by atoms with van der Waals surface area (Å²) in [6.07, 6.45) is 1.90. The van der Waals surface area contributed by atoms with Crippen LogP contribution in [0.15, 0.2) is 76.4 Å². The van der Waals surface area contributed by atoms with Gasteiger partial charge in [-0.25, -0.2) is 9.99 Å². The fourth-order valence-corrected chi connectivity index (χ4v) is 4.31. The van der Waals surface area contributed by atoms with Gasteiger partial charge in [0.15, 0.2) is 5.76 Å². The summed E-state index contributed by atoms with van der Waals surface area (Å²) in [6.45, 7) is 0. The fraction of sp³-hybridized carbons (Fsp3) is 0.125. The van der Waals surface area contributed by atoms with Crippen LogP contribution in [-0.4, -0.2) is 28.7 Å². The number of para-hydroxylation sites is 1. The zero-order valence-electron chi connectivity index (χ0n) is 17.0. The molecule has 6 nitrogen and oxygen atoms in total. The molecule has 0 N–H and O–H groups in total. The number of ether oxygens (including phenoxy) is 1. The zero-order valence-corrected chi connectivity index (χ0v) is 18.5. The number of hydrogen-bond acceptors (Lipinski definition) is 5. The van der Waals surface area contributed by atoms with E-state index in [1.807, 2.05) is 42.5 Å². The summed E-state index contributed by atoms with van der Waals surface area (Å²) in [7, 11) is 1.59. The van der Waals surface area contributed by atoms with E-state index < -0.39 is 6.04 Å². The van der Waals surface area contributed by atoms with Gasteiger partial charge in [-0.05, 0) is 42.0 Å². The van der Waals surface area contributed by atoms with Crippen LogP contribution in [0.3, 0.4) is 0 Å². The molecule has 3 heterocycles. The Morgan fingerprint density at radius 2 is 1.97 bits per heavy atom. The van der Waals surface area contributed by atoms with Crippen molar-refractivity contribution in [3.63, 3.8) is 0 Å². The number of pyridine rings is 1. The van der Waals surface area contributed by atoms with E-state index in [0.29, 0.717) is 28.3 Å². The number of nitrogens with zero attached hydrogens (tertiary/aromatic N) is 3. The van der Waals surface area contributed by atoms with Crippen LogP contribution in [0.4, 0.5) is 0 Å². The molecule has 32 heavy (non-hydrogen) atoms. The maximum Gasteiger partial charge on any atom is 0.310 e. The van der Waals surface area contributed by atoms with Gasteiger partial charge >= 0.3 is 5.91 Å². The highest BCUT2D eigenvalue weighted by atomic mass is 35.5. The summed E-state index contributed by atoms with van der Waals surface area (Å²) < 4.78 is 10.7. The number of furan rings is 1. The van der Waals surface area contributed by atoms with Crippen molar-refractivity contribution in [3.8, 4) is 5.75 Å². The van der Waals surface area contributed by atoms with E-state index >= 15 is 0 Å². The molecule has 5 rings (SSSR count). The molecule has 2 aromatic carbocycles. The number of carbonyl (C=O) groups excluding carboxylic acids is 1. The topological polar surface area (TPSA) is 67.9 Å². The van der Waals surface area contributed by atoms with Gasteiger partial charge < -0.3 is 9.15 Å². The molecular weight excluding hydrogens is 449 g/mol. The minimum absolute atomic E-state index is 0.192. The molecule has 1 aliphatic rings. The average Bonchev–Trinajstić information content (AvgIpc) is 3.48. The SMILES string of the molecule is COc1cccc2cc(C3CC(c4cccc(Cl)c4)=NN3C(=O)c3ccco3)c(Cl)nc12. The van der Waals surface area contributed by atoms with Crippen molar-refractivity contribution in [2.24, 2.45) is 5.10 Å². The summed E-state index contributed by atoms with van der Waals surface area (Å²) in [4.78, 5) is 17.8. The lowest BCUT2D eigenvalue weighted by atomic mass is 9.98. The first-order chi connectivity index (χ1) is 15.5. The summed E-state index contributed by atoms with van der Waals surface area (Å²) in [5.41, 5.74) is 2.90. The molecule has 0 bridgehead atoms. The fourth-order valence-electron chi connectivity index (χ4n) is 3.86.